The molecule has 0 saturated heterocycles. The van der Waals surface area contributed by atoms with Crippen LogP contribution in [0.1, 0.15) is 27.2 Å². The SMILES string of the molecule is CCOc1ccc(N(CC(=O)NCCC(C)C)S(=O)(=O)c2ccccc2)cc1. The highest BCUT2D eigenvalue weighted by molar-refractivity contribution is 7.92. The molecule has 152 valence electrons. The first kappa shape index (κ1) is 21.8. The van der Waals surface area contributed by atoms with Gasteiger partial charge in [0.25, 0.3) is 10.0 Å². The fourth-order valence-corrected chi connectivity index (χ4v) is 4.04. The second kappa shape index (κ2) is 10.1. The third-order valence-electron chi connectivity index (χ3n) is 4.10. The summed E-state index contributed by atoms with van der Waals surface area (Å²) in [6, 6.07) is 14.8. The highest BCUT2D eigenvalue weighted by Gasteiger charge is 2.27. The molecule has 0 aliphatic rings. The van der Waals surface area contributed by atoms with E-state index in [2.05, 4.69) is 19.2 Å². The van der Waals surface area contributed by atoms with Crippen molar-refractivity contribution in [3.63, 3.8) is 0 Å². The lowest BCUT2D eigenvalue weighted by Gasteiger charge is -2.24. The molecular formula is C21H28N2O4S. The zero-order valence-corrected chi connectivity index (χ0v) is 17.4. The van der Waals surface area contributed by atoms with Gasteiger partial charge in [-0.05, 0) is 55.7 Å². The van der Waals surface area contributed by atoms with Gasteiger partial charge in [-0.2, -0.15) is 0 Å². The average molecular weight is 405 g/mol. The zero-order valence-electron chi connectivity index (χ0n) is 16.6. The lowest BCUT2D eigenvalue weighted by molar-refractivity contribution is -0.119. The minimum Gasteiger partial charge on any atom is -0.494 e. The standard InChI is InChI=1S/C21H28N2O4S/c1-4-27-19-12-10-18(11-13-19)23(16-21(24)22-15-14-17(2)3)28(25,26)20-8-6-5-7-9-20/h5-13,17H,4,14-16H2,1-3H3,(H,22,24). The highest BCUT2D eigenvalue weighted by Crippen LogP contribution is 2.25. The highest BCUT2D eigenvalue weighted by atomic mass is 32.2. The van der Waals surface area contributed by atoms with Gasteiger partial charge in [0.15, 0.2) is 0 Å². The van der Waals surface area contributed by atoms with E-state index in [1.165, 1.54) is 12.1 Å². The first-order valence-electron chi connectivity index (χ1n) is 9.42. The van der Waals surface area contributed by atoms with E-state index >= 15 is 0 Å². The average Bonchev–Trinajstić information content (AvgIpc) is 2.67. The summed E-state index contributed by atoms with van der Waals surface area (Å²) in [6.45, 7) is 6.75. The lowest BCUT2D eigenvalue weighted by Crippen LogP contribution is -2.41. The Morgan fingerprint density at radius 1 is 1.07 bits per heavy atom. The number of rotatable bonds is 10. The molecule has 0 spiro atoms. The Morgan fingerprint density at radius 3 is 2.29 bits per heavy atom. The maximum atomic E-state index is 13.2. The topological polar surface area (TPSA) is 75.7 Å². The summed E-state index contributed by atoms with van der Waals surface area (Å²) in [5.74, 6) is 0.759. The van der Waals surface area contributed by atoms with Crippen LogP contribution < -0.4 is 14.4 Å². The van der Waals surface area contributed by atoms with Crippen LogP contribution in [0.5, 0.6) is 5.75 Å². The van der Waals surface area contributed by atoms with Crippen molar-refractivity contribution in [3.8, 4) is 5.75 Å². The van der Waals surface area contributed by atoms with Crippen molar-refractivity contribution >= 4 is 21.6 Å². The number of hydrogen-bond donors (Lipinski definition) is 1. The number of amides is 1. The van der Waals surface area contributed by atoms with Gasteiger partial charge in [0.2, 0.25) is 5.91 Å². The zero-order chi connectivity index (χ0) is 20.6. The summed E-state index contributed by atoms with van der Waals surface area (Å²) in [4.78, 5) is 12.6. The second-order valence-electron chi connectivity index (χ2n) is 6.78. The predicted octanol–water partition coefficient (Wildman–Crippen LogP) is 3.44. The van der Waals surface area contributed by atoms with E-state index in [1.807, 2.05) is 6.92 Å². The number of carbonyl (C=O) groups excluding carboxylic acids is 1. The van der Waals surface area contributed by atoms with Crippen LogP contribution in [0.3, 0.4) is 0 Å². The first-order chi connectivity index (χ1) is 13.3. The molecule has 2 aromatic rings. The van der Waals surface area contributed by atoms with Gasteiger partial charge in [-0.15, -0.1) is 0 Å². The summed E-state index contributed by atoms with van der Waals surface area (Å²) in [5.41, 5.74) is 0.409. The van der Waals surface area contributed by atoms with Crippen LogP contribution in [-0.4, -0.2) is 34.0 Å². The summed E-state index contributed by atoms with van der Waals surface area (Å²) >= 11 is 0. The first-order valence-corrected chi connectivity index (χ1v) is 10.9. The van der Waals surface area contributed by atoms with E-state index < -0.39 is 10.0 Å². The maximum Gasteiger partial charge on any atom is 0.264 e. The quantitative estimate of drug-likeness (QED) is 0.658. The van der Waals surface area contributed by atoms with Gasteiger partial charge >= 0.3 is 0 Å². The maximum absolute atomic E-state index is 13.2. The van der Waals surface area contributed by atoms with Gasteiger partial charge in [-0.3, -0.25) is 9.10 Å². The van der Waals surface area contributed by atoms with Crippen LogP contribution in [0.2, 0.25) is 0 Å². The molecule has 0 saturated carbocycles. The van der Waals surface area contributed by atoms with E-state index in [0.29, 0.717) is 30.5 Å². The second-order valence-corrected chi connectivity index (χ2v) is 8.65. The minimum atomic E-state index is -3.88. The molecule has 0 aromatic heterocycles. The fraction of sp³-hybridized carbons (Fsp3) is 0.381. The van der Waals surface area contributed by atoms with Crippen LogP contribution in [0.25, 0.3) is 0 Å². The monoisotopic (exact) mass is 404 g/mol. The van der Waals surface area contributed by atoms with Crippen molar-refractivity contribution < 1.29 is 17.9 Å². The summed E-state index contributed by atoms with van der Waals surface area (Å²) in [6.07, 6.45) is 0.834. The fourth-order valence-electron chi connectivity index (χ4n) is 2.60. The molecule has 0 aliphatic carbocycles. The Hall–Kier alpha value is -2.54. The van der Waals surface area contributed by atoms with Crippen molar-refractivity contribution in [2.75, 3.05) is 24.0 Å². The Labute approximate surface area is 167 Å². The number of carbonyl (C=O) groups is 1. The van der Waals surface area contributed by atoms with Crippen LogP contribution in [0.4, 0.5) is 5.69 Å². The molecule has 28 heavy (non-hydrogen) atoms. The number of ether oxygens (including phenoxy) is 1. The number of hydrogen-bond acceptors (Lipinski definition) is 4. The van der Waals surface area contributed by atoms with Crippen molar-refractivity contribution in [3.05, 3.63) is 54.6 Å². The van der Waals surface area contributed by atoms with E-state index in [-0.39, 0.29) is 17.3 Å². The molecule has 0 aliphatic heterocycles. The van der Waals surface area contributed by atoms with Crippen LogP contribution in [-0.2, 0) is 14.8 Å². The van der Waals surface area contributed by atoms with Crippen molar-refractivity contribution in [1.82, 2.24) is 5.32 Å². The van der Waals surface area contributed by atoms with E-state index in [0.717, 1.165) is 10.7 Å². The van der Waals surface area contributed by atoms with Gasteiger partial charge in [0, 0.05) is 6.54 Å². The molecule has 0 radical (unpaired) electrons. The molecule has 0 bridgehead atoms. The smallest absolute Gasteiger partial charge is 0.264 e. The molecule has 1 amide bonds. The molecule has 0 atom stereocenters. The van der Waals surface area contributed by atoms with E-state index in [4.69, 9.17) is 4.74 Å². The third-order valence-corrected chi connectivity index (χ3v) is 5.89. The Balaban J connectivity index is 2.29. The molecule has 2 rings (SSSR count). The number of sulfonamides is 1. The number of nitrogens with zero attached hydrogens (tertiary/aromatic N) is 1. The van der Waals surface area contributed by atoms with Crippen molar-refractivity contribution in [2.45, 2.75) is 32.1 Å². The predicted molar refractivity (Wildman–Crippen MR) is 111 cm³/mol. The Bertz CT molecular complexity index is 850. The summed E-state index contributed by atoms with van der Waals surface area (Å²) < 4.78 is 32.9. The minimum absolute atomic E-state index is 0.138. The van der Waals surface area contributed by atoms with Crippen LogP contribution >= 0.6 is 0 Å². The largest absolute Gasteiger partial charge is 0.494 e. The van der Waals surface area contributed by atoms with Gasteiger partial charge in [0.1, 0.15) is 12.3 Å². The molecular weight excluding hydrogens is 376 g/mol. The summed E-state index contributed by atoms with van der Waals surface area (Å²) in [5, 5.41) is 2.80. The van der Waals surface area contributed by atoms with Crippen molar-refractivity contribution in [1.29, 1.82) is 0 Å². The lowest BCUT2D eigenvalue weighted by atomic mass is 10.1. The number of nitrogens with one attached hydrogen (secondary N) is 1. The molecule has 1 N–H and O–H groups in total. The van der Waals surface area contributed by atoms with Gasteiger partial charge in [-0.1, -0.05) is 32.0 Å². The van der Waals surface area contributed by atoms with E-state index in [1.54, 1.807) is 42.5 Å². The summed E-state index contributed by atoms with van der Waals surface area (Å²) in [7, 11) is -3.88. The van der Waals surface area contributed by atoms with Gasteiger partial charge < -0.3 is 10.1 Å². The molecule has 2 aromatic carbocycles. The molecule has 0 heterocycles. The molecule has 0 unspecified atom stereocenters. The van der Waals surface area contributed by atoms with Crippen LogP contribution in [0.15, 0.2) is 59.5 Å². The Morgan fingerprint density at radius 2 is 1.71 bits per heavy atom. The van der Waals surface area contributed by atoms with E-state index in [9.17, 15) is 13.2 Å². The van der Waals surface area contributed by atoms with Crippen molar-refractivity contribution in [2.24, 2.45) is 5.92 Å². The van der Waals surface area contributed by atoms with Crippen LogP contribution in [0, 0.1) is 5.92 Å². The Kier molecular flexibility index (Phi) is 7.87. The van der Waals surface area contributed by atoms with Gasteiger partial charge in [-0.25, -0.2) is 8.42 Å². The normalized spacial score (nSPS) is 11.3. The van der Waals surface area contributed by atoms with Gasteiger partial charge in [0.05, 0.1) is 17.2 Å². The molecule has 0 fully saturated rings. The molecule has 6 nitrogen and oxygen atoms in total. The molecule has 7 heteroatoms. The third kappa shape index (κ3) is 5.99. The number of benzene rings is 2. The number of anilines is 1.